The van der Waals surface area contributed by atoms with Crippen LogP contribution in [0, 0.1) is 0 Å². The van der Waals surface area contributed by atoms with E-state index in [1.165, 1.54) is 30.7 Å². The summed E-state index contributed by atoms with van der Waals surface area (Å²) in [6, 6.07) is 4.83. The molecule has 0 radical (unpaired) electrons. The molecule has 1 unspecified atom stereocenters. The minimum Gasteiger partial charge on any atom is -0.385 e. The fourth-order valence-electron chi connectivity index (χ4n) is 2.49. The molecule has 1 atom stereocenters. The molecule has 1 aromatic rings. The molecule has 0 spiro atoms. The number of methoxy groups -OCH3 is 1. The zero-order valence-corrected chi connectivity index (χ0v) is 11.9. The Bertz CT molecular complexity index is 342. The Labute approximate surface area is 113 Å². The van der Waals surface area contributed by atoms with Crippen LogP contribution in [0.1, 0.15) is 30.6 Å². The van der Waals surface area contributed by atoms with Gasteiger partial charge in [0.1, 0.15) is 0 Å². The predicted octanol–water partition coefficient (Wildman–Crippen LogP) is 3.79. The fraction of sp³-hybridized carbons (Fsp3) is 0.692. The highest BCUT2D eigenvalue weighted by atomic mass is 35.5. The van der Waals surface area contributed by atoms with Crippen molar-refractivity contribution >= 4 is 22.9 Å². The summed E-state index contributed by atoms with van der Waals surface area (Å²) in [5, 5.41) is 0. The van der Waals surface area contributed by atoms with Crippen molar-refractivity contribution in [1.82, 2.24) is 4.90 Å². The summed E-state index contributed by atoms with van der Waals surface area (Å²) in [6.45, 7) is 3.13. The Hall–Kier alpha value is -0.0900. The third-order valence-electron chi connectivity index (χ3n) is 3.39. The molecule has 96 valence electrons. The summed E-state index contributed by atoms with van der Waals surface area (Å²) in [5.41, 5.74) is 0. The fourth-order valence-corrected chi connectivity index (χ4v) is 3.60. The highest BCUT2D eigenvalue weighted by Crippen LogP contribution is 2.26. The second-order valence-corrected chi connectivity index (χ2v) is 6.41. The van der Waals surface area contributed by atoms with E-state index in [1.54, 1.807) is 18.4 Å². The Morgan fingerprint density at radius 2 is 2.35 bits per heavy atom. The molecule has 17 heavy (non-hydrogen) atoms. The molecular formula is C13H20ClNOS. The molecule has 0 bridgehead atoms. The maximum absolute atomic E-state index is 5.98. The first-order chi connectivity index (χ1) is 8.29. The van der Waals surface area contributed by atoms with Gasteiger partial charge in [0.05, 0.1) is 4.34 Å². The van der Waals surface area contributed by atoms with Crippen LogP contribution in [0.4, 0.5) is 0 Å². The molecule has 1 aliphatic rings. The van der Waals surface area contributed by atoms with Crippen molar-refractivity contribution in [2.75, 3.05) is 20.3 Å². The van der Waals surface area contributed by atoms with Gasteiger partial charge in [-0.15, -0.1) is 11.3 Å². The lowest BCUT2D eigenvalue weighted by Gasteiger charge is -2.35. The number of hydrogen-bond donors (Lipinski definition) is 0. The average molecular weight is 274 g/mol. The van der Waals surface area contributed by atoms with Gasteiger partial charge in [-0.25, -0.2) is 0 Å². The lowest BCUT2D eigenvalue weighted by Crippen LogP contribution is -2.39. The summed E-state index contributed by atoms with van der Waals surface area (Å²) in [7, 11) is 1.78. The molecule has 0 saturated carbocycles. The Kier molecular flexibility index (Phi) is 5.29. The van der Waals surface area contributed by atoms with E-state index < -0.39 is 0 Å². The standard InChI is InChI=1S/C13H20ClNOS/c1-16-9-7-11-4-2-3-8-15(11)10-12-5-6-13(14)17-12/h5-6,11H,2-4,7-10H2,1H3. The molecule has 1 aromatic heterocycles. The number of ether oxygens (including phenoxy) is 1. The predicted molar refractivity (Wildman–Crippen MR) is 73.9 cm³/mol. The van der Waals surface area contributed by atoms with Crippen LogP contribution < -0.4 is 0 Å². The van der Waals surface area contributed by atoms with E-state index in [0.29, 0.717) is 6.04 Å². The minimum absolute atomic E-state index is 0.685. The second kappa shape index (κ2) is 6.74. The van der Waals surface area contributed by atoms with Crippen LogP contribution in [0.25, 0.3) is 0 Å². The van der Waals surface area contributed by atoms with Gasteiger partial charge < -0.3 is 4.74 Å². The average Bonchev–Trinajstić information content (AvgIpc) is 2.74. The van der Waals surface area contributed by atoms with Crippen LogP contribution in [-0.4, -0.2) is 31.2 Å². The maximum atomic E-state index is 5.98. The normalized spacial score (nSPS) is 21.9. The van der Waals surface area contributed by atoms with E-state index in [2.05, 4.69) is 11.0 Å². The van der Waals surface area contributed by atoms with Gasteiger partial charge in [0, 0.05) is 31.2 Å². The van der Waals surface area contributed by atoms with E-state index in [-0.39, 0.29) is 0 Å². The van der Waals surface area contributed by atoms with Crippen LogP contribution in [0.3, 0.4) is 0 Å². The van der Waals surface area contributed by atoms with Crippen molar-refractivity contribution < 1.29 is 4.74 Å². The summed E-state index contributed by atoms with van der Waals surface area (Å²) >= 11 is 7.68. The topological polar surface area (TPSA) is 12.5 Å². The van der Waals surface area contributed by atoms with Gasteiger partial charge in [-0.05, 0) is 37.9 Å². The van der Waals surface area contributed by atoms with E-state index in [4.69, 9.17) is 16.3 Å². The highest BCUT2D eigenvalue weighted by molar-refractivity contribution is 7.16. The quantitative estimate of drug-likeness (QED) is 0.809. The monoisotopic (exact) mass is 273 g/mol. The SMILES string of the molecule is COCCC1CCCCN1Cc1ccc(Cl)s1. The zero-order valence-electron chi connectivity index (χ0n) is 10.3. The minimum atomic E-state index is 0.685. The largest absolute Gasteiger partial charge is 0.385 e. The van der Waals surface area contributed by atoms with Crippen molar-refractivity contribution in [3.8, 4) is 0 Å². The van der Waals surface area contributed by atoms with Gasteiger partial charge in [0.15, 0.2) is 0 Å². The number of likely N-dealkylation sites (tertiary alicyclic amines) is 1. The van der Waals surface area contributed by atoms with Crippen molar-refractivity contribution in [2.45, 2.75) is 38.3 Å². The number of halogens is 1. The third kappa shape index (κ3) is 3.95. The Morgan fingerprint density at radius 3 is 3.06 bits per heavy atom. The van der Waals surface area contributed by atoms with Gasteiger partial charge in [-0.2, -0.15) is 0 Å². The highest BCUT2D eigenvalue weighted by Gasteiger charge is 2.22. The third-order valence-corrected chi connectivity index (χ3v) is 4.61. The molecule has 1 aliphatic heterocycles. The number of hydrogen-bond acceptors (Lipinski definition) is 3. The van der Waals surface area contributed by atoms with Crippen molar-refractivity contribution in [1.29, 1.82) is 0 Å². The molecule has 2 heterocycles. The molecule has 2 rings (SSSR count). The molecule has 2 nitrogen and oxygen atoms in total. The van der Waals surface area contributed by atoms with Crippen LogP contribution in [0.2, 0.25) is 4.34 Å². The van der Waals surface area contributed by atoms with Crippen LogP contribution >= 0.6 is 22.9 Å². The van der Waals surface area contributed by atoms with E-state index in [9.17, 15) is 0 Å². The van der Waals surface area contributed by atoms with Crippen molar-refractivity contribution in [3.05, 3.63) is 21.3 Å². The summed E-state index contributed by atoms with van der Waals surface area (Å²) < 4.78 is 6.10. The van der Waals surface area contributed by atoms with E-state index in [0.717, 1.165) is 23.9 Å². The van der Waals surface area contributed by atoms with Gasteiger partial charge in [-0.3, -0.25) is 4.90 Å². The van der Waals surface area contributed by atoms with E-state index >= 15 is 0 Å². The Balaban J connectivity index is 1.91. The molecule has 0 aliphatic carbocycles. The summed E-state index contributed by atoms with van der Waals surface area (Å²) in [6.07, 6.45) is 5.14. The van der Waals surface area contributed by atoms with Crippen LogP contribution in [-0.2, 0) is 11.3 Å². The van der Waals surface area contributed by atoms with Crippen LogP contribution in [0.5, 0.6) is 0 Å². The molecule has 4 heteroatoms. The molecule has 0 amide bonds. The van der Waals surface area contributed by atoms with Crippen molar-refractivity contribution in [3.63, 3.8) is 0 Å². The number of thiophene rings is 1. The molecule has 1 saturated heterocycles. The van der Waals surface area contributed by atoms with Crippen LogP contribution in [0.15, 0.2) is 12.1 Å². The first kappa shape index (κ1) is 13.3. The zero-order chi connectivity index (χ0) is 12.1. The smallest absolute Gasteiger partial charge is 0.0931 e. The summed E-state index contributed by atoms with van der Waals surface area (Å²) in [4.78, 5) is 3.96. The lowest BCUT2D eigenvalue weighted by molar-refractivity contribution is 0.0982. The first-order valence-corrected chi connectivity index (χ1v) is 7.46. The first-order valence-electron chi connectivity index (χ1n) is 6.27. The van der Waals surface area contributed by atoms with Gasteiger partial charge >= 0.3 is 0 Å². The maximum Gasteiger partial charge on any atom is 0.0931 e. The number of nitrogens with zero attached hydrogens (tertiary/aromatic N) is 1. The molecule has 1 fully saturated rings. The molecule has 0 aromatic carbocycles. The molecular weight excluding hydrogens is 254 g/mol. The Morgan fingerprint density at radius 1 is 1.47 bits per heavy atom. The number of piperidine rings is 1. The molecule has 0 N–H and O–H groups in total. The van der Waals surface area contributed by atoms with Crippen molar-refractivity contribution in [2.24, 2.45) is 0 Å². The lowest BCUT2D eigenvalue weighted by atomic mass is 9.99. The van der Waals surface area contributed by atoms with Gasteiger partial charge in [0.25, 0.3) is 0 Å². The van der Waals surface area contributed by atoms with E-state index in [1.807, 2.05) is 6.07 Å². The summed E-state index contributed by atoms with van der Waals surface area (Å²) in [5.74, 6) is 0. The van der Waals surface area contributed by atoms with Gasteiger partial charge in [0.2, 0.25) is 0 Å². The number of rotatable bonds is 5. The second-order valence-electron chi connectivity index (χ2n) is 4.61. The van der Waals surface area contributed by atoms with Gasteiger partial charge in [-0.1, -0.05) is 18.0 Å².